The van der Waals surface area contributed by atoms with Crippen LogP contribution in [0.1, 0.15) is 39.1 Å². The number of carbonyl (C=O) groups excluding carboxylic acids is 2. The van der Waals surface area contributed by atoms with Crippen molar-refractivity contribution < 1.29 is 19.1 Å². The zero-order valence-electron chi connectivity index (χ0n) is 15.8. The smallest absolute Gasteiger partial charge is 0.255 e. The number of fused-ring (bicyclic) bond motifs is 1. The molecule has 1 heterocycles. The molecule has 3 N–H and O–H groups in total. The number of nitrogens with two attached hydrogens (primary N) is 1. The van der Waals surface area contributed by atoms with Gasteiger partial charge in [-0.15, -0.1) is 0 Å². The second-order valence-corrected chi connectivity index (χ2v) is 6.91. The van der Waals surface area contributed by atoms with Gasteiger partial charge in [-0.1, -0.05) is 19.1 Å². The molecule has 146 valence electrons. The number of carbonyl (C=O) groups is 2. The molecule has 0 aromatic heterocycles. The van der Waals surface area contributed by atoms with Gasteiger partial charge in [-0.05, 0) is 54.6 Å². The summed E-state index contributed by atoms with van der Waals surface area (Å²) in [7, 11) is 0. The molecule has 0 saturated carbocycles. The third kappa shape index (κ3) is 3.91. The van der Waals surface area contributed by atoms with Crippen LogP contribution in [-0.2, 0) is 0 Å². The summed E-state index contributed by atoms with van der Waals surface area (Å²) in [6.45, 7) is 2.71. The van der Waals surface area contributed by atoms with Gasteiger partial charge in [0.05, 0.1) is 12.2 Å². The number of nitrogens with one attached hydrogen (secondary N) is 1. The van der Waals surface area contributed by atoms with E-state index in [-0.39, 0.29) is 11.8 Å². The Hall–Kier alpha value is -3.80. The van der Waals surface area contributed by atoms with Crippen LogP contribution in [0.3, 0.4) is 0 Å². The van der Waals surface area contributed by atoms with Crippen molar-refractivity contribution in [1.82, 2.24) is 0 Å². The van der Waals surface area contributed by atoms with E-state index in [1.807, 2.05) is 12.1 Å². The molecule has 2 amide bonds. The third-order valence-electron chi connectivity index (χ3n) is 4.78. The number of amides is 2. The Labute approximate surface area is 168 Å². The van der Waals surface area contributed by atoms with E-state index in [4.69, 9.17) is 15.2 Å². The Morgan fingerprint density at radius 1 is 1.07 bits per heavy atom. The van der Waals surface area contributed by atoms with E-state index in [9.17, 15) is 9.59 Å². The largest absolute Gasteiger partial charge is 0.493 e. The zero-order valence-corrected chi connectivity index (χ0v) is 15.8. The fourth-order valence-electron chi connectivity index (χ4n) is 3.21. The lowest BCUT2D eigenvalue weighted by Gasteiger charge is -2.11. The van der Waals surface area contributed by atoms with E-state index in [1.165, 1.54) is 0 Å². The SMILES string of the molecule is CC1COc2ccc(C(=O)Nc3ccc(Oc4ccccc4C(N)=O)cc3)cc21. The Bertz CT molecular complexity index is 1080. The molecule has 3 aromatic carbocycles. The highest BCUT2D eigenvalue weighted by molar-refractivity contribution is 6.04. The Kier molecular flexibility index (Phi) is 4.91. The minimum atomic E-state index is -0.557. The zero-order chi connectivity index (χ0) is 20.4. The molecule has 1 atom stereocenters. The monoisotopic (exact) mass is 388 g/mol. The van der Waals surface area contributed by atoms with Crippen molar-refractivity contribution in [3.63, 3.8) is 0 Å². The molecule has 1 unspecified atom stereocenters. The van der Waals surface area contributed by atoms with Crippen LogP contribution in [0.2, 0.25) is 0 Å². The molecule has 0 spiro atoms. The Morgan fingerprint density at radius 2 is 1.83 bits per heavy atom. The van der Waals surface area contributed by atoms with E-state index in [0.717, 1.165) is 11.3 Å². The fourth-order valence-corrected chi connectivity index (χ4v) is 3.21. The van der Waals surface area contributed by atoms with Crippen molar-refractivity contribution >= 4 is 17.5 Å². The molecule has 0 fully saturated rings. The number of hydrogen-bond acceptors (Lipinski definition) is 4. The lowest BCUT2D eigenvalue weighted by molar-refractivity contribution is 0.0995. The minimum absolute atomic E-state index is 0.195. The summed E-state index contributed by atoms with van der Waals surface area (Å²) in [5.41, 5.74) is 7.94. The van der Waals surface area contributed by atoms with Crippen LogP contribution in [0, 0.1) is 0 Å². The number of rotatable bonds is 5. The van der Waals surface area contributed by atoms with Gasteiger partial charge >= 0.3 is 0 Å². The van der Waals surface area contributed by atoms with Gasteiger partial charge in [0.1, 0.15) is 17.2 Å². The lowest BCUT2D eigenvalue weighted by Crippen LogP contribution is -2.12. The predicted molar refractivity (Wildman–Crippen MR) is 110 cm³/mol. The van der Waals surface area contributed by atoms with Crippen LogP contribution in [-0.4, -0.2) is 18.4 Å². The highest BCUT2D eigenvalue weighted by Gasteiger charge is 2.21. The average molecular weight is 388 g/mol. The predicted octanol–water partition coefficient (Wildman–Crippen LogP) is 4.33. The van der Waals surface area contributed by atoms with Gasteiger partial charge < -0.3 is 20.5 Å². The molecule has 0 saturated heterocycles. The summed E-state index contributed by atoms with van der Waals surface area (Å²) < 4.78 is 11.3. The number of primary amides is 1. The van der Waals surface area contributed by atoms with Crippen LogP contribution < -0.4 is 20.5 Å². The lowest BCUT2D eigenvalue weighted by atomic mass is 10.0. The van der Waals surface area contributed by atoms with E-state index in [0.29, 0.717) is 34.9 Å². The van der Waals surface area contributed by atoms with Gasteiger partial charge in [-0.3, -0.25) is 9.59 Å². The standard InChI is InChI=1S/C23H20N2O4/c1-14-13-28-20-11-6-15(12-19(14)20)23(27)25-16-7-9-17(10-8-16)29-21-5-3-2-4-18(21)22(24)26/h2-12,14H,13H2,1H3,(H2,24,26)(H,25,27). The molecular weight excluding hydrogens is 368 g/mol. The van der Waals surface area contributed by atoms with Gasteiger partial charge in [0, 0.05) is 22.7 Å². The summed E-state index contributed by atoms with van der Waals surface area (Å²) in [5.74, 6) is 1.27. The first-order chi connectivity index (χ1) is 14.0. The maximum Gasteiger partial charge on any atom is 0.255 e. The molecule has 6 nitrogen and oxygen atoms in total. The number of hydrogen-bond donors (Lipinski definition) is 2. The van der Waals surface area contributed by atoms with Crippen LogP contribution in [0.5, 0.6) is 17.2 Å². The van der Waals surface area contributed by atoms with E-state index < -0.39 is 5.91 Å². The topological polar surface area (TPSA) is 90.7 Å². The summed E-state index contributed by atoms with van der Waals surface area (Å²) in [5, 5.41) is 2.88. The van der Waals surface area contributed by atoms with Gasteiger partial charge in [-0.25, -0.2) is 0 Å². The van der Waals surface area contributed by atoms with E-state index in [1.54, 1.807) is 54.6 Å². The first-order valence-electron chi connectivity index (χ1n) is 9.26. The first-order valence-corrected chi connectivity index (χ1v) is 9.26. The number of anilines is 1. The van der Waals surface area contributed by atoms with Crippen molar-refractivity contribution in [2.45, 2.75) is 12.8 Å². The minimum Gasteiger partial charge on any atom is -0.493 e. The van der Waals surface area contributed by atoms with Crippen molar-refractivity contribution in [1.29, 1.82) is 0 Å². The second kappa shape index (κ2) is 7.67. The van der Waals surface area contributed by atoms with Gasteiger partial charge in [0.25, 0.3) is 11.8 Å². The molecule has 0 aliphatic carbocycles. The van der Waals surface area contributed by atoms with Gasteiger partial charge in [0.15, 0.2) is 0 Å². The van der Waals surface area contributed by atoms with Gasteiger partial charge in [0.2, 0.25) is 0 Å². The molecule has 4 rings (SSSR count). The Balaban J connectivity index is 1.46. The second-order valence-electron chi connectivity index (χ2n) is 6.91. The molecule has 0 bridgehead atoms. The maximum absolute atomic E-state index is 12.6. The fraction of sp³-hybridized carbons (Fsp3) is 0.130. The van der Waals surface area contributed by atoms with Crippen molar-refractivity contribution in [2.24, 2.45) is 5.73 Å². The van der Waals surface area contributed by atoms with Crippen LogP contribution in [0.25, 0.3) is 0 Å². The first kappa shape index (κ1) is 18.6. The normalized spacial score (nSPS) is 14.6. The Morgan fingerprint density at radius 3 is 2.59 bits per heavy atom. The number of benzene rings is 3. The summed E-state index contributed by atoms with van der Waals surface area (Å²) in [4.78, 5) is 24.1. The molecule has 1 aliphatic rings. The van der Waals surface area contributed by atoms with Crippen LogP contribution in [0.15, 0.2) is 66.7 Å². The molecule has 3 aromatic rings. The summed E-state index contributed by atoms with van der Waals surface area (Å²) >= 11 is 0. The summed E-state index contributed by atoms with van der Waals surface area (Å²) in [6.07, 6.45) is 0. The third-order valence-corrected chi connectivity index (χ3v) is 4.78. The quantitative estimate of drug-likeness (QED) is 0.681. The molecule has 1 aliphatic heterocycles. The molecule has 0 radical (unpaired) electrons. The van der Waals surface area contributed by atoms with Crippen molar-refractivity contribution in [3.05, 3.63) is 83.4 Å². The van der Waals surface area contributed by atoms with Crippen molar-refractivity contribution in [2.75, 3.05) is 11.9 Å². The van der Waals surface area contributed by atoms with E-state index >= 15 is 0 Å². The van der Waals surface area contributed by atoms with E-state index in [2.05, 4.69) is 12.2 Å². The summed E-state index contributed by atoms with van der Waals surface area (Å²) in [6, 6.07) is 19.1. The van der Waals surface area contributed by atoms with Crippen LogP contribution >= 0.6 is 0 Å². The van der Waals surface area contributed by atoms with Crippen molar-refractivity contribution in [3.8, 4) is 17.2 Å². The van der Waals surface area contributed by atoms with Gasteiger partial charge in [-0.2, -0.15) is 0 Å². The average Bonchev–Trinajstić information content (AvgIpc) is 3.10. The number of para-hydroxylation sites is 1. The highest BCUT2D eigenvalue weighted by atomic mass is 16.5. The maximum atomic E-state index is 12.6. The highest BCUT2D eigenvalue weighted by Crippen LogP contribution is 2.34. The number of ether oxygens (including phenoxy) is 2. The molecule has 6 heteroatoms. The van der Waals surface area contributed by atoms with Crippen LogP contribution in [0.4, 0.5) is 5.69 Å². The molecule has 29 heavy (non-hydrogen) atoms. The molecular formula is C23H20N2O4.